The fourth-order valence-electron chi connectivity index (χ4n) is 3.78. The molecule has 2 aliphatic rings. The van der Waals surface area contributed by atoms with E-state index in [9.17, 15) is 5.11 Å². The van der Waals surface area contributed by atoms with E-state index >= 15 is 0 Å². The van der Waals surface area contributed by atoms with E-state index in [0.717, 1.165) is 6.54 Å². The highest BCUT2D eigenvalue weighted by Gasteiger charge is 2.45. The summed E-state index contributed by atoms with van der Waals surface area (Å²) in [5, 5.41) is 13.4. The van der Waals surface area contributed by atoms with Crippen molar-refractivity contribution in [3.8, 4) is 11.5 Å². The van der Waals surface area contributed by atoms with Gasteiger partial charge in [-0.1, -0.05) is 18.9 Å². The Morgan fingerprint density at radius 3 is 3.06 bits per heavy atom. The quantitative estimate of drug-likeness (QED) is 0.844. The molecule has 1 heterocycles. The van der Waals surface area contributed by atoms with Gasteiger partial charge in [-0.2, -0.15) is 0 Å². The maximum Gasteiger partial charge on any atom is 0.160 e. The highest BCUT2D eigenvalue weighted by atomic mass is 16.5. The second-order valence-electron chi connectivity index (χ2n) is 5.55. The largest absolute Gasteiger partial charge is 0.504 e. The van der Waals surface area contributed by atoms with Crippen LogP contribution in [-0.4, -0.2) is 24.8 Å². The monoisotopic (exact) mass is 247 g/mol. The van der Waals surface area contributed by atoms with Gasteiger partial charge < -0.3 is 15.2 Å². The van der Waals surface area contributed by atoms with Crippen LogP contribution in [0.1, 0.15) is 37.7 Å². The minimum atomic E-state index is 0.232. The molecule has 1 aliphatic heterocycles. The maximum absolute atomic E-state index is 9.73. The van der Waals surface area contributed by atoms with Gasteiger partial charge in [0.15, 0.2) is 11.5 Å². The van der Waals surface area contributed by atoms with Gasteiger partial charge in [-0.3, -0.25) is 0 Å². The molecule has 18 heavy (non-hydrogen) atoms. The van der Waals surface area contributed by atoms with Crippen LogP contribution in [0.4, 0.5) is 0 Å². The molecule has 1 saturated carbocycles. The molecule has 2 unspecified atom stereocenters. The average molecular weight is 247 g/mol. The van der Waals surface area contributed by atoms with E-state index < -0.39 is 0 Å². The van der Waals surface area contributed by atoms with Crippen molar-refractivity contribution >= 4 is 0 Å². The molecule has 3 heteroatoms. The van der Waals surface area contributed by atoms with Crippen LogP contribution >= 0.6 is 0 Å². The summed E-state index contributed by atoms with van der Waals surface area (Å²) in [6, 6.07) is 6.47. The number of aromatic hydroxyl groups is 1. The molecule has 3 nitrogen and oxygen atoms in total. The molecule has 0 aromatic heterocycles. The van der Waals surface area contributed by atoms with Gasteiger partial charge in [0.25, 0.3) is 0 Å². The van der Waals surface area contributed by atoms with Crippen LogP contribution in [0.25, 0.3) is 0 Å². The van der Waals surface area contributed by atoms with E-state index in [2.05, 4.69) is 11.4 Å². The Morgan fingerprint density at radius 2 is 2.22 bits per heavy atom. The molecule has 0 radical (unpaired) electrons. The zero-order valence-electron chi connectivity index (χ0n) is 10.9. The van der Waals surface area contributed by atoms with Gasteiger partial charge in [-0.15, -0.1) is 0 Å². The lowest BCUT2D eigenvalue weighted by Gasteiger charge is -2.39. The number of hydrogen-bond acceptors (Lipinski definition) is 3. The van der Waals surface area contributed by atoms with E-state index in [1.54, 1.807) is 13.2 Å². The molecule has 1 saturated heterocycles. The summed E-state index contributed by atoms with van der Waals surface area (Å²) in [6.45, 7) is 1.11. The van der Waals surface area contributed by atoms with Crippen LogP contribution in [0.5, 0.6) is 11.5 Å². The van der Waals surface area contributed by atoms with Crippen molar-refractivity contribution in [1.82, 2.24) is 5.32 Å². The third-order valence-corrected chi connectivity index (χ3v) is 4.75. The highest BCUT2D eigenvalue weighted by molar-refractivity contribution is 5.45. The predicted molar refractivity (Wildman–Crippen MR) is 71.2 cm³/mol. The number of ether oxygens (including phenoxy) is 1. The number of nitrogens with one attached hydrogen (secondary N) is 1. The average Bonchev–Trinajstić information content (AvgIpc) is 2.84. The first kappa shape index (κ1) is 11.8. The summed E-state index contributed by atoms with van der Waals surface area (Å²) in [5.41, 5.74) is 1.59. The van der Waals surface area contributed by atoms with Gasteiger partial charge in [-0.05, 0) is 43.5 Å². The first-order valence-electron chi connectivity index (χ1n) is 6.87. The van der Waals surface area contributed by atoms with Crippen molar-refractivity contribution in [3.05, 3.63) is 23.8 Å². The summed E-state index contributed by atoms with van der Waals surface area (Å²) in [4.78, 5) is 0. The third kappa shape index (κ3) is 1.69. The third-order valence-electron chi connectivity index (χ3n) is 4.75. The van der Waals surface area contributed by atoms with Crippen molar-refractivity contribution < 1.29 is 9.84 Å². The predicted octanol–water partition coefficient (Wildman–Crippen LogP) is 2.57. The normalized spacial score (nSPS) is 31.1. The highest BCUT2D eigenvalue weighted by Crippen LogP contribution is 2.46. The molecular formula is C15H21NO2. The molecule has 2 N–H and O–H groups in total. The topological polar surface area (TPSA) is 41.5 Å². The number of rotatable bonds is 2. The minimum absolute atomic E-state index is 0.232. The fourth-order valence-corrected chi connectivity index (χ4v) is 3.78. The number of phenolic OH excluding ortho intramolecular Hbond substituents is 1. The molecule has 98 valence electrons. The number of fused-ring (bicyclic) bond motifs is 1. The zero-order valence-corrected chi connectivity index (χ0v) is 10.9. The molecule has 0 spiro atoms. The Balaban J connectivity index is 2.01. The van der Waals surface area contributed by atoms with Gasteiger partial charge in [0.2, 0.25) is 0 Å². The van der Waals surface area contributed by atoms with E-state index in [-0.39, 0.29) is 11.2 Å². The van der Waals surface area contributed by atoms with Crippen LogP contribution in [0.3, 0.4) is 0 Å². The molecule has 2 atom stereocenters. The maximum atomic E-state index is 9.73. The molecule has 1 aromatic rings. The van der Waals surface area contributed by atoms with Gasteiger partial charge >= 0.3 is 0 Å². The SMILES string of the molecule is COc1cc(C23CCCCC2NCC3)ccc1O. The second kappa shape index (κ2) is 4.47. The number of methoxy groups -OCH3 is 1. The van der Waals surface area contributed by atoms with Crippen molar-refractivity contribution in [2.75, 3.05) is 13.7 Å². The van der Waals surface area contributed by atoms with Crippen molar-refractivity contribution in [3.63, 3.8) is 0 Å². The summed E-state index contributed by atoms with van der Waals surface area (Å²) in [6.07, 6.45) is 6.35. The number of hydrogen-bond donors (Lipinski definition) is 2. The van der Waals surface area contributed by atoms with Crippen molar-refractivity contribution in [2.45, 2.75) is 43.6 Å². The fraction of sp³-hybridized carbons (Fsp3) is 0.600. The van der Waals surface area contributed by atoms with Crippen LogP contribution < -0.4 is 10.1 Å². The van der Waals surface area contributed by atoms with Crippen molar-refractivity contribution in [2.24, 2.45) is 0 Å². The molecule has 1 aromatic carbocycles. The molecule has 0 bridgehead atoms. The Hall–Kier alpha value is -1.22. The molecule has 0 amide bonds. The summed E-state index contributed by atoms with van der Waals surface area (Å²) >= 11 is 0. The summed E-state index contributed by atoms with van der Waals surface area (Å²) in [5.74, 6) is 0.828. The van der Waals surface area contributed by atoms with Gasteiger partial charge in [0.05, 0.1) is 7.11 Å². The van der Waals surface area contributed by atoms with E-state index in [1.807, 2.05) is 6.07 Å². The molecule has 3 rings (SSSR count). The molecular weight excluding hydrogens is 226 g/mol. The van der Waals surface area contributed by atoms with Gasteiger partial charge in [-0.25, -0.2) is 0 Å². The van der Waals surface area contributed by atoms with Crippen LogP contribution in [0.2, 0.25) is 0 Å². The number of phenols is 1. The summed E-state index contributed by atoms with van der Waals surface area (Å²) in [7, 11) is 1.61. The Morgan fingerprint density at radius 1 is 1.33 bits per heavy atom. The van der Waals surface area contributed by atoms with Crippen LogP contribution in [0, 0.1) is 0 Å². The standard InChI is InChI=1S/C15H21NO2/c1-18-13-10-11(5-6-12(13)17)15-7-3-2-4-14(15)16-9-8-15/h5-6,10,14,16-17H,2-4,7-9H2,1H3. The van der Waals surface area contributed by atoms with Gasteiger partial charge in [0, 0.05) is 11.5 Å². The van der Waals surface area contributed by atoms with E-state index in [0.29, 0.717) is 11.8 Å². The minimum Gasteiger partial charge on any atom is -0.504 e. The van der Waals surface area contributed by atoms with Crippen LogP contribution in [0.15, 0.2) is 18.2 Å². The second-order valence-corrected chi connectivity index (χ2v) is 5.55. The Kier molecular flexibility index (Phi) is 2.94. The lowest BCUT2D eigenvalue weighted by molar-refractivity contribution is 0.266. The Bertz CT molecular complexity index is 446. The van der Waals surface area contributed by atoms with E-state index in [4.69, 9.17) is 4.74 Å². The lowest BCUT2D eigenvalue weighted by Crippen LogP contribution is -2.42. The smallest absolute Gasteiger partial charge is 0.160 e. The van der Waals surface area contributed by atoms with E-state index in [1.165, 1.54) is 37.7 Å². The first-order chi connectivity index (χ1) is 8.76. The molecule has 1 aliphatic carbocycles. The summed E-state index contributed by atoms with van der Waals surface area (Å²) < 4.78 is 5.25. The van der Waals surface area contributed by atoms with Gasteiger partial charge in [0.1, 0.15) is 0 Å². The Labute approximate surface area is 108 Å². The van der Waals surface area contributed by atoms with Crippen molar-refractivity contribution in [1.29, 1.82) is 0 Å². The van der Waals surface area contributed by atoms with Crippen LogP contribution in [-0.2, 0) is 5.41 Å². The molecule has 2 fully saturated rings. The lowest BCUT2D eigenvalue weighted by atomic mass is 9.66. The number of benzene rings is 1. The zero-order chi connectivity index (χ0) is 12.6. The first-order valence-corrected chi connectivity index (χ1v) is 6.87.